The summed E-state index contributed by atoms with van der Waals surface area (Å²) in [6.45, 7) is 6.06. The van der Waals surface area contributed by atoms with Crippen LogP contribution in [0.4, 0.5) is 5.69 Å². The number of rotatable bonds is 5. The monoisotopic (exact) mass is 477 g/mol. The molecule has 0 saturated carbocycles. The Morgan fingerprint density at radius 3 is 2.38 bits per heavy atom. The summed E-state index contributed by atoms with van der Waals surface area (Å²) < 4.78 is 27.3. The summed E-state index contributed by atoms with van der Waals surface area (Å²) in [6, 6.07) is 12.8. The van der Waals surface area contributed by atoms with Crippen LogP contribution in [0.3, 0.4) is 0 Å². The minimum atomic E-state index is -3.73. The van der Waals surface area contributed by atoms with Gasteiger partial charge < -0.3 is 10.6 Å². The molecule has 2 amide bonds. The van der Waals surface area contributed by atoms with Gasteiger partial charge >= 0.3 is 0 Å². The molecule has 0 aromatic heterocycles. The molecule has 7 nitrogen and oxygen atoms in total. The van der Waals surface area contributed by atoms with E-state index in [0.29, 0.717) is 35.7 Å². The molecule has 0 spiro atoms. The van der Waals surface area contributed by atoms with E-state index in [-0.39, 0.29) is 23.3 Å². The van der Waals surface area contributed by atoms with E-state index < -0.39 is 21.5 Å². The quantitative estimate of drug-likeness (QED) is 0.682. The van der Waals surface area contributed by atoms with Crippen molar-refractivity contribution < 1.29 is 18.0 Å². The maximum absolute atomic E-state index is 13.0. The number of nitrogens with zero attached hydrogens (tertiary/aromatic N) is 1. The summed E-state index contributed by atoms with van der Waals surface area (Å²) in [5.74, 6) is -1.12. The number of anilines is 1. The number of carbonyl (C=O) groups excluding carboxylic acids is 2. The van der Waals surface area contributed by atoms with E-state index in [1.54, 1.807) is 24.3 Å². The molecule has 172 valence electrons. The Morgan fingerprint density at radius 1 is 1.06 bits per heavy atom. The third-order valence-electron chi connectivity index (χ3n) is 5.12. The molecule has 9 heteroatoms. The molecule has 1 fully saturated rings. The third kappa shape index (κ3) is 5.88. The highest BCUT2D eigenvalue weighted by atomic mass is 35.5. The van der Waals surface area contributed by atoms with Gasteiger partial charge in [-0.05, 0) is 70.0 Å². The normalized spacial score (nSPS) is 17.6. The number of amides is 2. The number of sulfonamides is 1. The number of nitrogens with one attached hydrogen (secondary N) is 2. The number of hydrogen-bond donors (Lipinski definition) is 2. The van der Waals surface area contributed by atoms with Crippen LogP contribution in [0.15, 0.2) is 53.4 Å². The number of hydrogen-bond acceptors (Lipinski definition) is 4. The minimum absolute atomic E-state index is 0.0765. The smallest absolute Gasteiger partial charge is 0.253 e. The first-order valence-corrected chi connectivity index (χ1v) is 12.3. The van der Waals surface area contributed by atoms with Crippen molar-refractivity contribution in [2.45, 2.75) is 44.0 Å². The molecule has 2 N–H and O–H groups in total. The second kappa shape index (κ2) is 9.60. The van der Waals surface area contributed by atoms with Gasteiger partial charge in [0, 0.05) is 23.7 Å². The van der Waals surface area contributed by atoms with Crippen molar-refractivity contribution in [1.29, 1.82) is 0 Å². The van der Waals surface area contributed by atoms with E-state index in [2.05, 4.69) is 10.6 Å². The van der Waals surface area contributed by atoms with Crippen LogP contribution in [0.1, 0.15) is 44.0 Å². The number of halogens is 1. The van der Waals surface area contributed by atoms with Gasteiger partial charge in [-0.3, -0.25) is 9.59 Å². The van der Waals surface area contributed by atoms with Crippen LogP contribution < -0.4 is 10.6 Å². The lowest BCUT2D eigenvalue weighted by Crippen LogP contribution is -2.44. The maximum Gasteiger partial charge on any atom is 0.253 e. The largest absolute Gasteiger partial charge is 0.347 e. The van der Waals surface area contributed by atoms with Crippen molar-refractivity contribution in [2.24, 2.45) is 5.92 Å². The van der Waals surface area contributed by atoms with Crippen LogP contribution in [-0.2, 0) is 14.8 Å². The molecule has 0 aliphatic carbocycles. The zero-order valence-electron chi connectivity index (χ0n) is 18.4. The van der Waals surface area contributed by atoms with Gasteiger partial charge in [-0.25, -0.2) is 8.42 Å². The lowest BCUT2D eigenvalue weighted by atomic mass is 9.98. The number of benzene rings is 2. The first-order valence-electron chi connectivity index (χ1n) is 10.5. The van der Waals surface area contributed by atoms with Crippen LogP contribution in [0.2, 0.25) is 5.02 Å². The van der Waals surface area contributed by atoms with E-state index in [1.807, 2.05) is 20.8 Å². The predicted octanol–water partition coefficient (Wildman–Crippen LogP) is 3.91. The highest BCUT2D eigenvalue weighted by molar-refractivity contribution is 7.89. The molecule has 1 atom stereocenters. The molecule has 1 aliphatic rings. The van der Waals surface area contributed by atoms with Crippen LogP contribution in [-0.4, -0.2) is 43.2 Å². The fraction of sp³-hybridized carbons (Fsp3) is 0.391. The van der Waals surface area contributed by atoms with Gasteiger partial charge in [-0.15, -0.1) is 0 Å². The molecule has 1 unspecified atom stereocenters. The summed E-state index contributed by atoms with van der Waals surface area (Å²) in [6.07, 6.45) is 1.13. The Kier molecular flexibility index (Phi) is 7.27. The Balaban J connectivity index is 1.74. The van der Waals surface area contributed by atoms with Gasteiger partial charge in [0.2, 0.25) is 15.9 Å². The Morgan fingerprint density at radius 2 is 1.72 bits per heavy atom. The van der Waals surface area contributed by atoms with Gasteiger partial charge in [-0.1, -0.05) is 23.7 Å². The molecule has 2 aromatic carbocycles. The minimum Gasteiger partial charge on any atom is -0.347 e. The van der Waals surface area contributed by atoms with Crippen LogP contribution in [0, 0.1) is 5.92 Å². The van der Waals surface area contributed by atoms with Crippen molar-refractivity contribution in [3.63, 3.8) is 0 Å². The lowest BCUT2D eigenvalue weighted by Gasteiger charge is -2.31. The summed E-state index contributed by atoms with van der Waals surface area (Å²) in [5, 5.41) is 6.17. The molecule has 0 radical (unpaired) electrons. The van der Waals surface area contributed by atoms with E-state index in [0.717, 1.165) is 0 Å². The first kappa shape index (κ1) is 24.2. The zero-order valence-corrected chi connectivity index (χ0v) is 20.0. The van der Waals surface area contributed by atoms with Gasteiger partial charge in [0.25, 0.3) is 5.91 Å². The summed E-state index contributed by atoms with van der Waals surface area (Å²) in [4.78, 5) is 25.8. The van der Waals surface area contributed by atoms with Crippen molar-refractivity contribution in [1.82, 2.24) is 9.62 Å². The molecule has 3 rings (SSSR count). The van der Waals surface area contributed by atoms with E-state index >= 15 is 0 Å². The van der Waals surface area contributed by atoms with Crippen LogP contribution >= 0.6 is 11.6 Å². The molecular formula is C23H28ClN3O4S. The highest BCUT2D eigenvalue weighted by Crippen LogP contribution is 2.26. The second-order valence-electron chi connectivity index (χ2n) is 8.90. The van der Waals surface area contributed by atoms with E-state index in [9.17, 15) is 18.0 Å². The van der Waals surface area contributed by atoms with Gasteiger partial charge in [0.1, 0.15) is 0 Å². The first-order chi connectivity index (χ1) is 15.0. The van der Waals surface area contributed by atoms with Crippen LogP contribution in [0.5, 0.6) is 0 Å². The zero-order chi connectivity index (χ0) is 23.5. The summed E-state index contributed by atoms with van der Waals surface area (Å²) >= 11 is 5.87. The van der Waals surface area contributed by atoms with Gasteiger partial charge in [0.05, 0.1) is 22.1 Å². The molecule has 1 heterocycles. The Hall–Kier alpha value is -2.42. The topological polar surface area (TPSA) is 95.6 Å². The van der Waals surface area contributed by atoms with Crippen molar-refractivity contribution in [3.8, 4) is 0 Å². The number of carbonyl (C=O) groups is 2. The molecule has 0 bridgehead atoms. The molecule has 1 aliphatic heterocycles. The summed E-state index contributed by atoms with van der Waals surface area (Å²) in [5.41, 5.74) is 0.336. The average molecular weight is 478 g/mol. The van der Waals surface area contributed by atoms with Crippen molar-refractivity contribution >= 4 is 39.1 Å². The molecule has 32 heavy (non-hydrogen) atoms. The number of piperidine rings is 1. The maximum atomic E-state index is 13.0. The fourth-order valence-electron chi connectivity index (χ4n) is 3.56. The fourth-order valence-corrected chi connectivity index (χ4v) is 5.21. The van der Waals surface area contributed by atoms with Gasteiger partial charge in [0.15, 0.2) is 0 Å². The van der Waals surface area contributed by atoms with Crippen molar-refractivity contribution in [2.75, 3.05) is 18.4 Å². The van der Waals surface area contributed by atoms with E-state index in [1.165, 1.54) is 28.6 Å². The van der Waals surface area contributed by atoms with Crippen LogP contribution in [0.25, 0.3) is 0 Å². The predicted molar refractivity (Wildman–Crippen MR) is 125 cm³/mol. The van der Waals surface area contributed by atoms with Crippen molar-refractivity contribution in [3.05, 3.63) is 59.1 Å². The Bertz CT molecular complexity index is 1090. The highest BCUT2D eigenvalue weighted by Gasteiger charge is 2.33. The van der Waals surface area contributed by atoms with E-state index in [4.69, 9.17) is 11.6 Å². The molecule has 2 aromatic rings. The Labute approximate surface area is 194 Å². The molecule has 1 saturated heterocycles. The molecular weight excluding hydrogens is 450 g/mol. The third-order valence-corrected chi connectivity index (χ3v) is 7.26. The summed E-state index contributed by atoms with van der Waals surface area (Å²) in [7, 11) is -3.73. The standard InChI is InChI=1S/C23H28ClN3O4S/c1-23(2,3)26-22(29)19-8-4-5-9-20(19)25-21(28)16-7-6-14-27(15-16)32(30,31)18-12-10-17(24)11-13-18/h4-5,8-13,16H,6-7,14-15H2,1-3H3,(H,25,28)(H,26,29). The second-order valence-corrected chi connectivity index (χ2v) is 11.3. The number of para-hydroxylation sites is 1. The lowest BCUT2D eigenvalue weighted by molar-refractivity contribution is -0.120. The SMILES string of the molecule is CC(C)(C)NC(=O)c1ccccc1NC(=O)C1CCCN(S(=O)(=O)c2ccc(Cl)cc2)C1. The van der Waals surface area contributed by atoms with Gasteiger partial charge in [-0.2, -0.15) is 4.31 Å². The average Bonchev–Trinajstić information content (AvgIpc) is 2.73.